The van der Waals surface area contributed by atoms with Crippen LogP contribution in [-0.2, 0) is 6.42 Å². The van der Waals surface area contributed by atoms with Crippen molar-refractivity contribution in [1.82, 2.24) is 30.2 Å². The number of likely N-dealkylation sites (tertiary alicyclic amines) is 1. The van der Waals surface area contributed by atoms with E-state index in [2.05, 4.69) is 76.3 Å². The number of rotatable bonds is 7. The zero-order valence-corrected chi connectivity index (χ0v) is 24.1. The summed E-state index contributed by atoms with van der Waals surface area (Å²) in [6.45, 7) is 7.64. The van der Waals surface area contributed by atoms with Crippen LogP contribution < -0.4 is 15.0 Å². The Morgan fingerprint density at radius 1 is 1.07 bits per heavy atom. The summed E-state index contributed by atoms with van der Waals surface area (Å²) in [5.41, 5.74) is 4.34. The molecule has 0 amide bonds. The number of fused-ring (bicyclic) bond motifs is 3. The second kappa shape index (κ2) is 10.4. The first-order valence-corrected chi connectivity index (χ1v) is 15.3. The van der Waals surface area contributed by atoms with E-state index in [-0.39, 0.29) is 11.6 Å². The van der Waals surface area contributed by atoms with Gasteiger partial charge in [-0.3, -0.25) is 4.90 Å². The first kappa shape index (κ1) is 25.8. The van der Waals surface area contributed by atoms with Crippen LogP contribution in [0.5, 0.6) is 5.75 Å². The Bertz CT molecular complexity index is 1370. The standard InChI is InChI=1S/C32H43N7O/c1-4-14-32(2)29-21(9-11-23-19-34-30(36-23)24-7-5-15-33-24)13-17-39(29)27-18-22(10-12-28(27)40-32)25-20-35-31(37-25)26-8-6-16-38(26)3/h4,10,12,14,18-21,24,26,29,33H,5-9,11,13,15-17H2,1-3H3,(H,34,36)(H,35,37). The summed E-state index contributed by atoms with van der Waals surface area (Å²) in [5, 5.41) is 3.56. The Morgan fingerprint density at radius 2 is 1.98 bits per heavy atom. The van der Waals surface area contributed by atoms with Crippen molar-refractivity contribution in [3.8, 4) is 17.0 Å². The van der Waals surface area contributed by atoms with Crippen molar-refractivity contribution >= 4 is 5.69 Å². The van der Waals surface area contributed by atoms with Gasteiger partial charge in [-0.2, -0.15) is 0 Å². The zero-order chi connectivity index (χ0) is 27.3. The molecular formula is C32H43N7O. The number of nitrogens with one attached hydrogen (secondary N) is 3. The number of aryl methyl sites for hydroxylation is 1. The molecule has 2 aromatic heterocycles. The second-order valence-corrected chi connectivity index (χ2v) is 12.5. The lowest BCUT2D eigenvalue weighted by molar-refractivity contribution is 0.0787. The summed E-state index contributed by atoms with van der Waals surface area (Å²) in [4.78, 5) is 21.8. The number of imidazole rings is 2. The number of aromatic nitrogens is 4. The molecule has 0 spiro atoms. The normalized spacial score (nSPS) is 30.2. The van der Waals surface area contributed by atoms with E-state index >= 15 is 0 Å². The van der Waals surface area contributed by atoms with Gasteiger partial charge < -0.3 is 24.9 Å². The van der Waals surface area contributed by atoms with Crippen molar-refractivity contribution in [1.29, 1.82) is 0 Å². The van der Waals surface area contributed by atoms with Crippen LogP contribution in [0.4, 0.5) is 5.69 Å². The van der Waals surface area contributed by atoms with Crippen molar-refractivity contribution in [2.75, 3.05) is 31.6 Å². The van der Waals surface area contributed by atoms with Crippen LogP contribution in [0.2, 0.25) is 0 Å². The lowest BCUT2D eigenvalue weighted by Crippen LogP contribution is -2.56. The van der Waals surface area contributed by atoms with Gasteiger partial charge in [0.1, 0.15) is 23.0 Å². The number of nitrogens with zero attached hydrogens (tertiary/aromatic N) is 4. The number of anilines is 1. The summed E-state index contributed by atoms with van der Waals surface area (Å²) in [6.07, 6.45) is 16.6. The number of hydrogen-bond donors (Lipinski definition) is 3. The second-order valence-electron chi connectivity index (χ2n) is 12.5. The molecule has 0 saturated carbocycles. The Hall–Kier alpha value is -3.10. The maximum absolute atomic E-state index is 6.83. The first-order valence-electron chi connectivity index (χ1n) is 15.3. The summed E-state index contributed by atoms with van der Waals surface area (Å²) in [7, 11) is 2.19. The largest absolute Gasteiger partial charge is 0.479 e. The van der Waals surface area contributed by atoms with E-state index in [0.717, 1.165) is 62.0 Å². The fraction of sp³-hybridized carbons (Fsp3) is 0.562. The van der Waals surface area contributed by atoms with Gasteiger partial charge in [0.2, 0.25) is 0 Å². The molecule has 4 aliphatic rings. The summed E-state index contributed by atoms with van der Waals surface area (Å²) >= 11 is 0. The molecule has 6 heterocycles. The third kappa shape index (κ3) is 4.55. The molecule has 0 radical (unpaired) electrons. The Kier molecular flexibility index (Phi) is 6.71. The fourth-order valence-corrected chi connectivity index (χ4v) is 7.81. The molecule has 5 unspecified atom stereocenters. The van der Waals surface area contributed by atoms with Gasteiger partial charge in [0, 0.05) is 24.0 Å². The van der Waals surface area contributed by atoms with Gasteiger partial charge in [-0.25, -0.2) is 9.97 Å². The van der Waals surface area contributed by atoms with Crippen LogP contribution in [0.15, 0.2) is 42.7 Å². The van der Waals surface area contributed by atoms with E-state index in [1.807, 2.05) is 12.4 Å². The highest BCUT2D eigenvalue weighted by Gasteiger charge is 2.50. The number of ether oxygens (including phenoxy) is 1. The molecule has 5 atom stereocenters. The molecule has 3 fully saturated rings. The third-order valence-corrected chi connectivity index (χ3v) is 9.77. The minimum absolute atomic E-state index is 0.287. The predicted octanol–water partition coefficient (Wildman–Crippen LogP) is 5.55. The summed E-state index contributed by atoms with van der Waals surface area (Å²) in [6, 6.07) is 7.70. The highest BCUT2D eigenvalue weighted by Crippen LogP contribution is 2.49. The average Bonchev–Trinajstić information content (AvgIpc) is 3.77. The molecular weight excluding hydrogens is 498 g/mol. The van der Waals surface area contributed by atoms with E-state index < -0.39 is 0 Å². The quantitative estimate of drug-likeness (QED) is 0.340. The van der Waals surface area contributed by atoms with Crippen molar-refractivity contribution in [3.05, 3.63) is 60.1 Å². The minimum atomic E-state index is -0.369. The van der Waals surface area contributed by atoms with Gasteiger partial charge in [0.15, 0.2) is 0 Å². The van der Waals surface area contributed by atoms with Gasteiger partial charge in [-0.05, 0) is 109 Å². The number of allylic oxidation sites excluding steroid dienone is 1. The molecule has 8 nitrogen and oxygen atoms in total. The molecule has 3 aromatic rings. The summed E-state index contributed by atoms with van der Waals surface area (Å²) < 4.78 is 6.83. The molecule has 3 N–H and O–H groups in total. The Labute approximate surface area is 237 Å². The van der Waals surface area contributed by atoms with E-state index in [4.69, 9.17) is 14.7 Å². The van der Waals surface area contributed by atoms with Crippen molar-refractivity contribution in [3.63, 3.8) is 0 Å². The van der Waals surface area contributed by atoms with Gasteiger partial charge in [-0.1, -0.05) is 6.08 Å². The molecule has 0 bridgehead atoms. The van der Waals surface area contributed by atoms with Gasteiger partial charge in [0.05, 0.1) is 35.7 Å². The highest BCUT2D eigenvalue weighted by molar-refractivity contribution is 5.73. The molecule has 1 aromatic carbocycles. The van der Waals surface area contributed by atoms with Crippen LogP contribution in [0.25, 0.3) is 11.3 Å². The predicted molar refractivity (Wildman–Crippen MR) is 159 cm³/mol. The number of benzene rings is 1. The maximum Gasteiger partial charge on any atom is 0.145 e. The van der Waals surface area contributed by atoms with Crippen molar-refractivity contribution in [2.24, 2.45) is 5.92 Å². The number of aromatic amines is 2. The smallest absolute Gasteiger partial charge is 0.145 e. The van der Waals surface area contributed by atoms with Crippen molar-refractivity contribution in [2.45, 2.75) is 82.5 Å². The minimum Gasteiger partial charge on any atom is -0.479 e. The average molecular weight is 542 g/mol. The lowest BCUT2D eigenvalue weighted by Gasteiger charge is -2.47. The topological polar surface area (TPSA) is 85.1 Å². The number of hydrogen-bond acceptors (Lipinski definition) is 6. The van der Waals surface area contributed by atoms with Crippen LogP contribution in [0.1, 0.15) is 81.8 Å². The van der Waals surface area contributed by atoms with E-state index in [1.165, 1.54) is 42.6 Å². The lowest BCUT2D eigenvalue weighted by atomic mass is 9.81. The zero-order valence-electron chi connectivity index (χ0n) is 24.1. The third-order valence-electron chi connectivity index (χ3n) is 9.77. The first-order chi connectivity index (χ1) is 19.5. The molecule has 8 heteroatoms. The van der Waals surface area contributed by atoms with Crippen LogP contribution in [-0.4, -0.2) is 63.2 Å². The van der Waals surface area contributed by atoms with Gasteiger partial charge in [-0.15, -0.1) is 0 Å². The van der Waals surface area contributed by atoms with Crippen LogP contribution in [0, 0.1) is 5.92 Å². The van der Waals surface area contributed by atoms with Gasteiger partial charge >= 0.3 is 0 Å². The molecule has 7 rings (SSSR count). The Balaban J connectivity index is 1.13. The fourth-order valence-electron chi connectivity index (χ4n) is 7.81. The Morgan fingerprint density at radius 3 is 2.77 bits per heavy atom. The van der Waals surface area contributed by atoms with Gasteiger partial charge in [0.25, 0.3) is 0 Å². The molecule has 3 saturated heterocycles. The maximum atomic E-state index is 6.83. The van der Waals surface area contributed by atoms with E-state index in [9.17, 15) is 0 Å². The molecule has 40 heavy (non-hydrogen) atoms. The van der Waals surface area contributed by atoms with Crippen LogP contribution >= 0.6 is 0 Å². The summed E-state index contributed by atoms with van der Waals surface area (Å²) in [5.74, 6) is 3.68. The molecule has 0 aliphatic carbocycles. The van der Waals surface area contributed by atoms with Crippen molar-refractivity contribution < 1.29 is 4.74 Å². The number of H-pyrrole nitrogens is 2. The highest BCUT2D eigenvalue weighted by atomic mass is 16.5. The van der Waals surface area contributed by atoms with E-state index in [0.29, 0.717) is 18.0 Å². The van der Waals surface area contributed by atoms with Crippen LogP contribution in [0.3, 0.4) is 0 Å². The monoisotopic (exact) mass is 541 g/mol. The molecule has 4 aliphatic heterocycles. The molecule has 212 valence electrons. The SMILES string of the molecule is CC=CC1(C)Oc2ccc(-c3cnc(C4CCCN4C)[nH]3)cc2N2CCC(CCc3cnc(C4CCCN4)[nH]3)C21. The van der Waals surface area contributed by atoms with E-state index in [1.54, 1.807) is 0 Å².